The molecule has 3 rings (SSSR count). The van der Waals surface area contributed by atoms with Gasteiger partial charge in [0.2, 0.25) is 0 Å². The molecule has 2 aromatic rings. The van der Waals surface area contributed by atoms with Crippen LogP contribution in [0.15, 0.2) is 6.20 Å². The summed E-state index contributed by atoms with van der Waals surface area (Å²) in [7, 11) is 2.05. The Bertz CT molecular complexity index is 719. The van der Waals surface area contributed by atoms with Crippen molar-refractivity contribution in [3.8, 4) is 0 Å². The van der Waals surface area contributed by atoms with E-state index in [4.69, 9.17) is 0 Å². The van der Waals surface area contributed by atoms with Crippen LogP contribution in [0, 0.1) is 19.8 Å². The minimum Gasteiger partial charge on any atom is -0.334 e. The van der Waals surface area contributed by atoms with Crippen molar-refractivity contribution in [3.05, 3.63) is 33.3 Å². The lowest BCUT2D eigenvalue weighted by Gasteiger charge is -2.28. The number of rotatable bonds is 4. The van der Waals surface area contributed by atoms with Crippen molar-refractivity contribution in [1.29, 1.82) is 0 Å². The maximum absolute atomic E-state index is 12.8. The highest BCUT2D eigenvalue weighted by Gasteiger charge is 2.35. The van der Waals surface area contributed by atoms with Crippen molar-refractivity contribution in [2.75, 3.05) is 13.6 Å². The Balaban J connectivity index is 1.61. The molecule has 0 fully saturated rings. The summed E-state index contributed by atoms with van der Waals surface area (Å²) >= 11 is 1.71. The standard InChI is InChI=1S/C16H21F3N4S/c1-10-13(24-11(2)20-10)8-22(3)6-12-4-5-15-21-14(16(17,18)19)9-23(15)7-12/h9,12H,4-8H2,1-3H3/t12-/m0/s1. The summed E-state index contributed by atoms with van der Waals surface area (Å²) in [5.41, 5.74) is 0.293. The Kier molecular flexibility index (Phi) is 4.70. The summed E-state index contributed by atoms with van der Waals surface area (Å²) in [6, 6.07) is 0. The molecule has 0 unspecified atom stereocenters. The Morgan fingerprint density at radius 2 is 2.08 bits per heavy atom. The third-order valence-corrected chi connectivity index (χ3v) is 5.42. The first-order valence-electron chi connectivity index (χ1n) is 7.97. The Morgan fingerprint density at radius 3 is 2.71 bits per heavy atom. The largest absolute Gasteiger partial charge is 0.434 e. The summed E-state index contributed by atoms with van der Waals surface area (Å²) in [5, 5.41) is 1.07. The molecule has 0 aliphatic carbocycles. The van der Waals surface area contributed by atoms with Gasteiger partial charge in [-0.05, 0) is 33.2 Å². The lowest BCUT2D eigenvalue weighted by molar-refractivity contribution is -0.141. The van der Waals surface area contributed by atoms with Crippen molar-refractivity contribution in [2.24, 2.45) is 5.92 Å². The molecule has 1 aliphatic heterocycles. The van der Waals surface area contributed by atoms with Gasteiger partial charge in [-0.15, -0.1) is 11.3 Å². The van der Waals surface area contributed by atoms with E-state index in [0.717, 1.165) is 36.4 Å². The monoisotopic (exact) mass is 358 g/mol. The molecule has 2 aromatic heterocycles. The molecule has 1 aliphatic rings. The lowest BCUT2D eigenvalue weighted by Crippen LogP contribution is -2.31. The van der Waals surface area contributed by atoms with Gasteiger partial charge in [0.1, 0.15) is 5.82 Å². The van der Waals surface area contributed by atoms with Crippen LogP contribution in [0.2, 0.25) is 0 Å². The fourth-order valence-corrected chi connectivity index (χ4v) is 4.29. The Labute approximate surface area is 143 Å². The third kappa shape index (κ3) is 3.80. The fourth-order valence-electron chi connectivity index (χ4n) is 3.27. The van der Waals surface area contributed by atoms with Crippen LogP contribution < -0.4 is 0 Å². The number of aryl methyl sites for hydroxylation is 3. The number of halogens is 3. The van der Waals surface area contributed by atoms with Gasteiger partial charge < -0.3 is 9.47 Å². The van der Waals surface area contributed by atoms with Crippen LogP contribution in [0.1, 0.15) is 33.5 Å². The molecular weight excluding hydrogens is 337 g/mol. The normalized spacial score (nSPS) is 18.2. The SMILES string of the molecule is Cc1nc(C)c(CN(C)C[C@@H]2CCc3nc(C(F)(F)F)cn3C2)s1. The van der Waals surface area contributed by atoms with Gasteiger partial charge in [0.25, 0.3) is 0 Å². The summed E-state index contributed by atoms with van der Waals surface area (Å²) in [6.07, 6.45) is -1.73. The molecule has 0 amide bonds. The second kappa shape index (κ2) is 6.48. The van der Waals surface area contributed by atoms with E-state index >= 15 is 0 Å². The van der Waals surface area contributed by atoms with Crippen LogP contribution in [0.5, 0.6) is 0 Å². The Morgan fingerprint density at radius 1 is 1.33 bits per heavy atom. The zero-order chi connectivity index (χ0) is 17.5. The Hall–Kier alpha value is -1.41. The first kappa shape index (κ1) is 17.4. The van der Waals surface area contributed by atoms with Crippen LogP contribution in [0.25, 0.3) is 0 Å². The minimum absolute atomic E-state index is 0.340. The van der Waals surface area contributed by atoms with Gasteiger partial charge in [0, 0.05) is 37.1 Å². The van der Waals surface area contributed by atoms with Gasteiger partial charge in [-0.25, -0.2) is 9.97 Å². The van der Waals surface area contributed by atoms with Crippen LogP contribution in [-0.2, 0) is 25.7 Å². The van der Waals surface area contributed by atoms with Crippen molar-refractivity contribution in [3.63, 3.8) is 0 Å². The van der Waals surface area contributed by atoms with E-state index in [2.05, 4.69) is 21.9 Å². The molecule has 0 aromatic carbocycles. The highest BCUT2D eigenvalue weighted by Crippen LogP contribution is 2.31. The topological polar surface area (TPSA) is 34.0 Å². The van der Waals surface area contributed by atoms with Crippen molar-refractivity contribution in [2.45, 2.75) is 46.0 Å². The van der Waals surface area contributed by atoms with E-state index < -0.39 is 11.9 Å². The molecule has 0 N–H and O–H groups in total. The van der Waals surface area contributed by atoms with Gasteiger partial charge in [0.05, 0.1) is 10.7 Å². The average Bonchev–Trinajstić information content (AvgIpc) is 3.01. The highest BCUT2D eigenvalue weighted by atomic mass is 32.1. The van der Waals surface area contributed by atoms with Gasteiger partial charge in [-0.3, -0.25) is 0 Å². The maximum Gasteiger partial charge on any atom is 0.434 e. The van der Waals surface area contributed by atoms with E-state index in [0.29, 0.717) is 24.7 Å². The molecule has 0 bridgehead atoms. The number of fused-ring (bicyclic) bond motifs is 1. The molecule has 1 atom stereocenters. The zero-order valence-electron chi connectivity index (χ0n) is 14.0. The predicted molar refractivity (Wildman–Crippen MR) is 87.0 cm³/mol. The van der Waals surface area contributed by atoms with Crippen LogP contribution in [0.3, 0.4) is 0 Å². The molecule has 0 saturated carbocycles. The number of thiazole rings is 1. The molecule has 3 heterocycles. The molecule has 0 saturated heterocycles. The molecule has 0 spiro atoms. The summed E-state index contributed by atoms with van der Waals surface area (Å²) in [4.78, 5) is 11.7. The van der Waals surface area contributed by atoms with Crippen molar-refractivity contribution < 1.29 is 13.2 Å². The molecule has 0 radical (unpaired) electrons. The number of imidazole rings is 1. The van der Waals surface area contributed by atoms with Crippen LogP contribution in [0.4, 0.5) is 13.2 Å². The number of nitrogens with zero attached hydrogens (tertiary/aromatic N) is 4. The van der Waals surface area contributed by atoms with Gasteiger partial charge in [-0.2, -0.15) is 13.2 Å². The van der Waals surface area contributed by atoms with Gasteiger partial charge in [-0.1, -0.05) is 0 Å². The summed E-state index contributed by atoms with van der Waals surface area (Å²) in [6.45, 7) is 6.31. The smallest absolute Gasteiger partial charge is 0.334 e. The number of hydrogen-bond acceptors (Lipinski definition) is 4. The maximum atomic E-state index is 12.8. The summed E-state index contributed by atoms with van der Waals surface area (Å²) < 4.78 is 40.0. The quantitative estimate of drug-likeness (QED) is 0.836. The first-order valence-corrected chi connectivity index (χ1v) is 8.78. The van der Waals surface area contributed by atoms with E-state index in [9.17, 15) is 13.2 Å². The fraction of sp³-hybridized carbons (Fsp3) is 0.625. The summed E-state index contributed by atoms with van der Waals surface area (Å²) in [5.74, 6) is 0.891. The zero-order valence-corrected chi connectivity index (χ0v) is 14.8. The average molecular weight is 358 g/mol. The van der Waals surface area contributed by atoms with E-state index in [-0.39, 0.29) is 0 Å². The minimum atomic E-state index is -4.36. The van der Waals surface area contributed by atoms with E-state index in [1.54, 1.807) is 15.9 Å². The second-order valence-electron chi connectivity index (χ2n) is 6.54. The second-order valence-corrected chi connectivity index (χ2v) is 7.82. The molecular formula is C16H21F3N4S. The first-order chi connectivity index (χ1) is 11.2. The van der Waals surface area contributed by atoms with Crippen LogP contribution in [-0.4, -0.2) is 33.0 Å². The van der Waals surface area contributed by atoms with E-state index in [1.165, 1.54) is 4.88 Å². The van der Waals surface area contributed by atoms with E-state index in [1.807, 2.05) is 13.8 Å². The van der Waals surface area contributed by atoms with Gasteiger partial charge in [0.15, 0.2) is 5.69 Å². The van der Waals surface area contributed by atoms with Crippen molar-refractivity contribution >= 4 is 11.3 Å². The number of alkyl halides is 3. The lowest BCUT2D eigenvalue weighted by atomic mass is 9.99. The number of aromatic nitrogens is 3. The third-order valence-electron chi connectivity index (χ3n) is 4.36. The number of hydrogen-bond donors (Lipinski definition) is 0. The molecule has 24 heavy (non-hydrogen) atoms. The highest BCUT2D eigenvalue weighted by molar-refractivity contribution is 7.11. The molecule has 132 valence electrons. The van der Waals surface area contributed by atoms with Gasteiger partial charge >= 0.3 is 6.18 Å². The van der Waals surface area contributed by atoms with Crippen LogP contribution >= 0.6 is 11.3 Å². The molecule has 8 heteroatoms. The van der Waals surface area contributed by atoms with Crippen molar-refractivity contribution in [1.82, 2.24) is 19.4 Å². The molecule has 4 nitrogen and oxygen atoms in total. The predicted octanol–water partition coefficient (Wildman–Crippen LogP) is 3.67.